The number of carbonyl (C=O) groups is 1. The van der Waals surface area contributed by atoms with Crippen LogP contribution in [0.1, 0.15) is 19.3 Å². The van der Waals surface area contributed by atoms with E-state index in [1.165, 1.54) is 12.0 Å². The number of allylic oxidation sites excluding steroid dienone is 1. The first-order chi connectivity index (χ1) is 5.34. The lowest BCUT2D eigenvalue weighted by molar-refractivity contribution is -0.143. The number of hydrogen-bond donors (Lipinski definition) is 0. The molecule has 2 heterocycles. The van der Waals surface area contributed by atoms with Gasteiger partial charge in [-0.05, 0) is 36.7 Å². The van der Waals surface area contributed by atoms with Gasteiger partial charge in [-0.2, -0.15) is 0 Å². The maximum absolute atomic E-state index is 11.2. The molecule has 5 rings (SSSR count). The summed E-state index contributed by atoms with van der Waals surface area (Å²) in [7, 11) is 0. The van der Waals surface area contributed by atoms with Crippen LogP contribution in [0.3, 0.4) is 0 Å². The zero-order valence-corrected chi connectivity index (χ0v) is 6.25. The fourth-order valence-electron chi connectivity index (χ4n) is 2.64. The van der Waals surface area contributed by atoms with Gasteiger partial charge in [0.2, 0.25) is 0 Å². The van der Waals surface area contributed by atoms with Crippen LogP contribution in [-0.4, -0.2) is 5.97 Å². The predicted octanol–water partition coefficient (Wildman–Crippen LogP) is 1.47. The Morgan fingerprint density at radius 3 is 2.55 bits per heavy atom. The number of esters is 1. The second-order valence-corrected chi connectivity index (χ2v) is 3.85. The number of ether oxygens (including phenoxy) is 1. The predicted molar refractivity (Wildman–Crippen MR) is 38.5 cm³/mol. The van der Waals surface area contributed by atoms with Crippen molar-refractivity contribution in [1.29, 1.82) is 0 Å². The van der Waals surface area contributed by atoms with Gasteiger partial charge >= 0.3 is 5.97 Å². The lowest BCUT2D eigenvalue weighted by Crippen LogP contribution is -2.37. The van der Waals surface area contributed by atoms with Gasteiger partial charge in [0.25, 0.3) is 0 Å². The molecule has 3 fully saturated rings. The van der Waals surface area contributed by atoms with Crippen molar-refractivity contribution in [2.75, 3.05) is 0 Å². The van der Waals surface area contributed by atoms with Crippen molar-refractivity contribution in [3.05, 3.63) is 11.8 Å². The van der Waals surface area contributed by atoms with Gasteiger partial charge < -0.3 is 4.74 Å². The molecule has 58 valence electrons. The third-order valence-electron chi connectivity index (χ3n) is 3.29. The molecule has 0 radical (unpaired) electrons. The summed E-state index contributed by atoms with van der Waals surface area (Å²) >= 11 is 0. The minimum absolute atomic E-state index is 0.00667. The molecule has 2 heteroatoms. The summed E-state index contributed by atoms with van der Waals surface area (Å²) in [6.07, 6.45) is 5.13. The van der Waals surface area contributed by atoms with Gasteiger partial charge in [0.15, 0.2) is 0 Å². The molecular weight excluding hydrogens is 140 g/mol. The van der Waals surface area contributed by atoms with Crippen molar-refractivity contribution in [1.82, 2.24) is 0 Å². The highest BCUT2D eigenvalue weighted by atomic mass is 16.5. The Morgan fingerprint density at radius 2 is 1.82 bits per heavy atom. The minimum atomic E-state index is 0.00667. The second kappa shape index (κ2) is 1.68. The summed E-state index contributed by atoms with van der Waals surface area (Å²) in [5.41, 5.74) is 1.41. The van der Waals surface area contributed by atoms with E-state index in [1.54, 1.807) is 6.26 Å². The molecule has 2 aliphatic heterocycles. The normalized spacial score (nSPS) is 45.6. The van der Waals surface area contributed by atoms with Crippen molar-refractivity contribution in [2.24, 2.45) is 17.8 Å². The summed E-state index contributed by atoms with van der Waals surface area (Å²) in [4.78, 5) is 11.2. The van der Waals surface area contributed by atoms with E-state index in [4.69, 9.17) is 4.74 Å². The summed E-state index contributed by atoms with van der Waals surface area (Å²) in [6.45, 7) is 0. The molecule has 2 nitrogen and oxygen atoms in total. The smallest absolute Gasteiger partial charge is 0.313 e. The fourth-order valence-corrected chi connectivity index (χ4v) is 2.64. The molecule has 4 bridgehead atoms. The quantitative estimate of drug-likeness (QED) is 0.489. The molecule has 3 saturated carbocycles. The van der Waals surface area contributed by atoms with E-state index >= 15 is 0 Å². The molecule has 0 N–H and O–H groups in total. The van der Waals surface area contributed by atoms with Crippen LogP contribution in [0.2, 0.25) is 0 Å². The SMILES string of the molecule is O=C1OC=C2C3CC1CC2C3. The average Bonchev–Trinajstić information content (AvgIpc) is 2.20. The van der Waals surface area contributed by atoms with E-state index < -0.39 is 0 Å². The van der Waals surface area contributed by atoms with Crippen molar-refractivity contribution in [3.8, 4) is 0 Å². The Morgan fingerprint density at radius 1 is 1.18 bits per heavy atom. The molecule has 11 heavy (non-hydrogen) atoms. The van der Waals surface area contributed by atoms with Crippen molar-refractivity contribution in [3.63, 3.8) is 0 Å². The highest BCUT2D eigenvalue weighted by Gasteiger charge is 2.47. The molecule has 0 spiro atoms. The van der Waals surface area contributed by atoms with Crippen LogP contribution in [0.5, 0.6) is 0 Å². The van der Waals surface area contributed by atoms with Crippen molar-refractivity contribution in [2.45, 2.75) is 19.3 Å². The molecule has 5 aliphatic rings. The van der Waals surface area contributed by atoms with Crippen LogP contribution in [0, 0.1) is 17.8 Å². The summed E-state index contributed by atoms with van der Waals surface area (Å²) < 4.78 is 4.99. The zero-order valence-electron chi connectivity index (χ0n) is 6.25. The molecule has 3 aliphatic carbocycles. The molecule has 0 aromatic heterocycles. The lowest BCUT2D eigenvalue weighted by atomic mass is 9.59. The first-order valence-electron chi connectivity index (χ1n) is 4.25. The van der Waals surface area contributed by atoms with Crippen LogP contribution in [0.15, 0.2) is 11.8 Å². The largest absolute Gasteiger partial charge is 0.434 e. The first-order valence-corrected chi connectivity index (χ1v) is 4.25. The van der Waals surface area contributed by atoms with Crippen LogP contribution >= 0.6 is 0 Å². The molecule has 2 unspecified atom stereocenters. The third-order valence-corrected chi connectivity index (χ3v) is 3.29. The van der Waals surface area contributed by atoms with E-state index in [1.807, 2.05) is 0 Å². The standard InChI is InChI=1S/C9H10O2/c10-9-7-2-5-1-6(3-7)8(5)4-11-9/h4-7H,1-3H2. The topological polar surface area (TPSA) is 26.3 Å². The van der Waals surface area contributed by atoms with Gasteiger partial charge in [0.05, 0.1) is 12.2 Å². The maximum Gasteiger partial charge on any atom is 0.313 e. The van der Waals surface area contributed by atoms with E-state index in [2.05, 4.69) is 0 Å². The monoisotopic (exact) mass is 150 g/mol. The van der Waals surface area contributed by atoms with Gasteiger partial charge in [-0.25, -0.2) is 0 Å². The maximum atomic E-state index is 11.2. The van der Waals surface area contributed by atoms with E-state index in [9.17, 15) is 4.79 Å². The molecule has 0 aromatic rings. The molecular formula is C9H10O2. The van der Waals surface area contributed by atoms with E-state index in [0.29, 0.717) is 11.8 Å². The number of carbonyl (C=O) groups excluding carboxylic acids is 1. The molecule has 0 aromatic carbocycles. The van der Waals surface area contributed by atoms with Gasteiger partial charge in [-0.3, -0.25) is 4.79 Å². The number of fused-ring (bicyclic) bond motifs is 2. The Bertz CT molecular complexity index is 240. The number of hydrogen-bond acceptors (Lipinski definition) is 2. The van der Waals surface area contributed by atoms with Crippen LogP contribution in [0.25, 0.3) is 0 Å². The third kappa shape index (κ3) is 0.602. The second-order valence-electron chi connectivity index (χ2n) is 3.85. The Labute approximate surface area is 65.2 Å². The highest BCUT2D eigenvalue weighted by Crippen LogP contribution is 2.54. The summed E-state index contributed by atoms with van der Waals surface area (Å²) in [5.74, 6) is 1.63. The first kappa shape index (κ1) is 5.81. The fraction of sp³-hybridized carbons (Fsp3) is 0.667. The molecule has 0 saturated heterocycles. The highest BCUT2D eigenvalue weighted by molar-refractivity contribution is 5.74. The Kier molecular flexibility index (Phi) is 0.888. The van der Waals surface area contributed by atoms with E-state index in [0.717, 1.165) is 12.8 Å². The Hall–Kier alpha value is -0.790. The summed E-state index contributed by atoms with van der Waals surface area (Å²) in [5, 5.41) is 0. The van der Waals surface area contributed by atoms with Gasteiger partial charge in [0, 0.05) is 0 Å². The van der Waals surface area contributed by atoms with Crippen LogP contribution in [-0.2, 0) is 9.53 Å². The Balaban J connectivity index is 2.04. The number of rotatable bonds is 0. The lowest BCUT2D eigenvalue weighted by Gasteiger charge is -2.44. The summed E-state index contributed by atoms with van der Waals surface area (Å²) in [6, 6.07) is 0. The van der Waals surface area contributed by atoms with Gasteiger partial charge in [-0.1, -0.05) is 0 Å². The average molecular weight is 150 g/mol. The zero-order chi connectivity index (χ0) is 7.42. The van der Waals surface area contributed by atoms with E-state index in [-0.39, 0.29) is 11.9 Å². The van der Waals surface area contributed by atoms with Gasteiger partial charge in [0.1, 0.15) is 0 Å². The molecule has 2 atom stereocenters. The van der Waals surface area contributed by atoms with Crippen LogP contribution < -0.4 is 0 Å². The molecule has 0 amide bonds. The van der Waals surface area contributed by atoms with Crippen molar-refractivity contribution >= 4 is 5.97 Å². The van der Waals surface area contributed by atoms with Crippen molar-refractivity contribution < 1.29 is 9.53 Å². The van der Waals surface area contributed by atoms with Gasteiger partial charge in [-0.15, -0.1) is 0 Å². The minimum Gasteiger partial charge on any atom is -0.434 e. The van der Waals surface area contributed by atoms with Crippen LogP contribution in [0.4, 0.5) is 0 Å².